The average Bonchev–Trinajstić information content (AvgIpc) is 2.08. The van der Waals surface area contributed by atoms with Gasteiger partial charge in [-0.1, -0.05) is 46.0 Å². The molecular formula is C8H19NS. The standard InChI is InChI=1S/C4H7NS.2C2H6/c1-3-6-4-5-2;2*1-2/h3-4H,1H2,2H3;2*1-2H3. The summed E-state index contributed by atoms with van der Waals surface area (Å²) in [6, 6.07) is 0. The van der Waals surface area contributed by atoms with Gasteiger partial charge in [0, 0.05) is 7.05 Å². The predicted octanol–water partition coefficient (Wildman–Crippen LogP) is 3.57. The molecule has 0 aromatic heterocycles. The van der Waals surface area contributed by atoms with Crippen molar-refractivity contribution in [1.29, 1.82) is 0 Å². The zero-order chi connectivity index (χ0) is 8.83. The van der Waals surface area contributed by atoms with Gasteiger partial charge in [0.1, 0.15) is 0 Å². The maximum absolute atomic E-state index is 3.69. The molecule has 0 aliphatic rings. The molecule has 0 aliphatic heterocycles. The molecule has 0 atom stereocenters. The molecule has 1 nitrogen and oxygen atoms in total. The number of rotatable bonds is 2. The van der Waals surface area contributed by atoms with Crippen LogP contribution in [-0.2, 0) is 0 Å². The van der Waals surface area contributed by atoms with Gasteiger partial charge >= 0.3 is 0 Å². The van der Waals surface area contributed by atoms with E-state index in [0.29, 0.717) is 0 Å². The topological polar surface area (TPSA) is 12.4 Å². The Labute approximate surface area is 69.6 Å². The molecule has 0 spiro atoms. The number of thioether (sulfide) groups is 1. The van der Waals surface area contributed by atoms with E-state index in [9.17, 15) is 0 Å². The van der Waals surface area contributed by atoms with Crippen molar-refractivity contribution in [3.63, 3.8) is 0 Å². The number of hydrogen-bond donors (Lipinski definition) is 0. The average molecular weight is 161 g/mol. The maximum Gasteiger partial charge on any atom is 0.0579 e. The lowest BCUT2D eigenvalue weighted by Gasteiger charge is -1.70. The van der Waals surface area contributed by atoms with Gasteiger partial charge in [-0.15, -0.1) is 0 Å². The van der Waals surface area contributed by atoms with Gasteiger partial charge < -0.3 is 0 Å². The van der Waals surface area contributed by atoms with Crippen LogP contribution in [0.4, 0.5) is 0 Å². The van der Waals surface area contributed by atoms with E-state index >= 15 is 0 Å². The molecule has 0 radical (unpaired) electrons. The van der Waals surface area contributed by atoms with Crippen LogP contribution in [-0.4, -0.2) is 12.6 Å². The van der Waals surface area contributed by atoms with Crippen molar-refractivity contribution < 1.29 is 0 Å². The molecule has 0 heterocycles. The predicted molar refractivity (Wildman–Crippen MR) is 54.9 cm³/mol. The van der Waals surface area contributed by atoms with Gasteiger partial charge in [0.15, 0.2) is 0 Å². The Bertz CT molecular complexity index is 60.3. The summed E-state index contributed by atoms with van der Waals surface area (Å²) in [7, 11) is 1.73. The monoisotopic (exact) mass is 161 g/mol. The third-order valence-electron chi connectivity index (χ3n) is 0.262. The fraction of sp³-hybridized carbons (Fsp3) is 0.625. The Hall–Kier alpha value is -0.240. The normalized spacial score (nSPS) is 6.90. The van der Waals surface area contributed by atoms with Crippen LogP contribution in [0.15, 0.2) is 17.0 Å². The van der Waals surface area contributed by atoms with Crippen molar-refractivity contribution in [2.75, 3.05) is 7.05 Å². The highest BCUT2D eigenvalue weighted by atomic mass is 32.2. The van der Waals surface area contributed by atoms with Gasteiger partial charge in [-0.3, -0.25) is 4.99 Å². The third-order valence-corrected chi connectivity index (χ3v) is 0.787. The Morgan fingerprint density at radius 2 is 1.60 bits per heavy atom. The molecule has 0 bridgehead atoms. The Morgan fingerprint density at radius 1 is 1.20 bits per heavy atom. The minimum Gasteiger partial charge on any atom is -0.289 e. The van der Waals surface area contributed by atoms with Crippen LogP contribution < -0.4 is 0 Å². The lowest BCUT2D eigenvalue weighted by molar-refractivity contribution is 1.49. The second-order valence-electron chi connectivity index (χ2n) is 0.666. The Balaban J connectivity index is -0.000000105. The van der Waals surface area contributed by atoms with Crippen molar-refractivity contribution in [1.82, 2.24) is 0 Å². The van der Waals surface area contributed by atoms with Crippen LogP contribution >= 0.6 is 11.8 Å². The summed E-state index contributed by atoms with van der Waals surface area (Å²) in [6.45, 7) is 11.5. The van der Waals surface area contributed by atoms with E-state index in [0.717, 1.165) is 0 Å². The molecule has 0 fully saturated rings. The molecule has 62 valence electrons. The smallest absolute Gasteiger partial charge is 0.0579 e. The van der Waals surface area contributed by atoms with Crippen LogP contribution in [0.5, 0.6) is 0 Å². The van der Waals surface area contributed by atoms with Gasteiger partial charge in [-0.2, -0.15) is 0 Å². The summed E-state index contributed by atoms with van der Waals surface area (Å²) in [5.41, 5.74) is 1.73. The molecule has 2 heteroatoms. The van der Waals surface area contributed by atoms with E-state index in [4.69, 9.17) is 0 Å². The molecule has 0 aliphatic carbocycles. The summed E-state index contributed by atoms with van der Waals surface area (Å²) in [6.07, 6.45) is 0. The molecule has 0 aromatic rings. The number of nitrogens with zero attached hydrogens (tertiary/aromatic N) is 1. The van der Waals surface area contributed by atoms with E-state index in [1.54, 1.807) is 18.0 Å². The van der Waals surface area contributed by atoms with Gasteiger partial charge in [0.05, 0.1) is 5.55 Å². The first kappa shape index (κ1) is 16.4. The van der Waals surface area contributed by atoms with Crippen molar-refractivity contribution in [3.05, 3.63) is 12.0 Å². The van der Waals surface area contributed by atoms with E-state index in [2.05, 4.69) is 11.6 Å². The SMILES string of the molecule is C=CSC=NC.CC.CC. The third kappa shape index (κ3) is 46.6. The largest absolute Gasteiger partial charge is 0.289 e. The summed E-state index contributed by atoms with van der Waals surface area (Å²) < 4.78 is 0. The van der Waals surface area contributed by atoms with Crippen molar-refractivity contribution in [3.8, 4) is 0 Å². The summed E-state index contributed by atoms with van der Waals surface area (Å²) in [5, 5.41) is 1.73. The second-order valence-corrected chi connectivity index (χ2v) is 1.48. The summed E-state index contributed by atoms with van der Waals surface area (Å²) in [4.78, 5) is 3.69. The highest BCUT2D eigenvalue weighted by Crippen LogP contribution is 1.90. The van der Waals surface area contributed by atoms with Crippen LogP contribution in [0.1, 0.15) is 27.7 Å². The molecule has 10 heavy (non-hydrogen) atoms. The fourth-order valence-corrected chi connectivity index (χ4v) is 0.312. The lowest BCUT2D eigenvalue weighted by Crippen LogP contribution is -1.51. The van der Waals surface area contributed by atoms with Crippen LogP contribution in [0, 0.1) is 0 Å². The van der Waals surface area contributed by atoms with E-state index < -0.39 is 0 Å². The lowest BCUT2D eigenvalue weighted by atomic mass is 11.0. The first-order valence-electron chi connectivity index (χ1n) is 3.59. The molecule has 0 amide bonds. The zero-order valence-electron chi connectivity index (χ0n) is 7.72. The Kier molecular flexibility index (Phi) is 61.2. The first-order chi connectivity index (χ1) is 4.91. The van der Waals surface area contributed by atoms with Crippen molar-refractivity contribution in [2.45, 2.75) is 27.7 Å². The van der Waals surface area contributed by atoms with Crippen LogP contribution in [0.3, 0.4) is 0 Å². The van der Waals surface area contributed by atoms with E-state index in [1.165, 1.54) is 11.8 Å². The minimum absolute atomic E-state index is 1.48. The van der Waals surface area contributed by atoms with Gasteiger partial charge in [0.2, 0.25) is 0 Å². The quantitative estimate of drug-likeness (QED) is 0.445. The molecule has 0 N–H and O–H groups in total. The minimum atomic E-state index is 1.48. The summed E-state index contributed by atoms with van der Waals surface area (Å²) in [5.74, 6) is 0. The van der Waals surface area contributed by atoms with Crippen molar-refractivity contribution >= 4 is 17.3 Å². The number of hydrogen-bond acceptors (Lipinski definition) is 2. The van der Waals surface area contributed by atoms with Gasteiger partial charge in [-0.25, -0.2) is 0 Å². The maximum atomic E-state index is 3.69. The molecule has 0 rings (SSSR count). The molecule has 0 aromatic carbocycles. The van der Waals surface area contributed by atoms with Gasteiger partial charge in [-0.05, 0) is 5.41 Å². The second kappa shape index (κ2) is 37.3. The Morgan fingerprint density at radius 3 is 1.70 bits per heavy atom. The van der Waals surface area contributed by atoms with E-state index in [1.807, 2.05) is 27.7 Å². The van der Waals surface area contributed by atoms with Crippen LogP contribution in [0.2, 0.25) is 0 Å². The molecule has 0 saturated heterocycles. The zero-order valence-corrected chi connectivity index (χ0v) is 8.53. The molecule has 0 unspecified atom stereocenters. The first-order valence-corrected chi connectivity index (χ1v) is 4.53. The van der Waals surface area contributed by atoms with Gasteiger partial charge in [0.25, 0.3) is 0 Å². The highest BCUT2D eigenvalue weighted by Gasteiger charge is 1.58. The molecular weight excluding hydrogens is 142 g/mol. The highest BCUT2D eigenvalue weighted by molar-refractivity contribution is 8.14. The number of aliphatic imine (C=N–C) groups is 1. The molecule has 0 saturated carbocycles. The summed E-state index contributed by atoms with van der Waals surface area (Å²) >= 11 is 1.48. The fourth-order valence-electron chi connectivity index (χ4n) is 0.104. The van der Waals surface area contributed by atoms with E-state index in [-0.39, 0.29) is 0 Å². The van der Waals surface area contributed by atoms with Crippen molar-refractivity contribution in [2.24, 2.45) is 4.99 Å². The van der Waals surface area contributed by atoms with Crippen LogP contribution in [0.25, 0.3) is 0 Å².